The van der Waals surface area contributed by atoms with Crippen molar-refractivity contribution < 1.29 is 23.7 Å². The molecule has 0 aromatic carbocycles. The molecule has 0 aliphatic carbocycles. The van der Waals surface area contributed by atoms with Gasteiger partial charge in [-0.15, -0.1) is 79.4 Å². The van der Waals surface area contributed by atoms with Crippen LogP contribution in [0.4, 0.5) is 0 Å². The van der Waals surface area contributed by atoms with Crippen LogP contribution in [0.3, 0.4) is 0 Å². The van der Waals surface area contributed by atoms with Gasteiger partial charge in [0.25, 0.3) is 5.91 Å². The second-order valence-corrected chi connectivity index (χ2v) is 27.2. The van der Waals surface area contributed by atoms with E-state index in [1.165, 1.54) is 74.5 Å². The van der Waals surface area contributed by atoms with E-state index in [2.05, 4.69) is 140 Å². The van der Waals surface area contributed by atoms with E-state index in [0.717, 1.165) is 70.8 Å². The number of aryl methyl sites for hydroxylation is 12. The summed E-state index contributed by atoms with van der Waals surface area (Å²) in [5.41, 5.74) is 5.87. The first-order valence-corrected chi connectivity index (χ1v) is 28.8. The third kappa shape index (κ3) is 13.4. The van der Waals surface area contributed by atoms with Crippen molar-refractivity contribution in [1.82, 2.24) is 4.90 Å². The van der Waals surface area contributed by atoms with Crippen LogP contribution < -0.4 is 18.9 Å². The van der Waals surface area contributed by atoms with Crippen LogP contribution in [0.5, 0.6) is 23.0 Å². The zero-order valence-electron chi connectivity index (χ0n) is 43.3. The molecule has 368 valence electrons. The van der Waals surface area contributed by atoms with E-state index in [0.29, 0.717) is 13.2 Å². The maximum absolute atomic E-state index is 11.7. The predicted octanol–water partition coefficient (Wildman–Crippen LogP) is 17.9. The Kier molecular flexibility index (Phi) is 19.8. The van der Waals surface area contributed by atoms with Gasteiger partial charge in [-0.1, -0.05) is 20.4 Å². The quantitative estimate of drug-likeness (QED) is 0.176. The highest BCUT2D eigenvalue weighted by atomic mass is 32.1. The molecule has 3 aliphatic heterocycles. The number of amides is 1. The van der Waals surface area contributed by atoms with Crippen LogP contribution in [0.25, 0.3) is 15.5 Å². The standard InChI is InChI=1S/C13H20O2S.C10H11NOS.C10H10S2.C8H10O2S.C8H12S.C6H8S/c1-5-13(6-2)7-14-11-9(3)16-10(4)12(11)15-8-13;1-5-8-6(2)13-7(3)9(8)10(12)11(5)4;1-7-3-5-9(11-7)10-6-4-8(2)12-10;1-5-7-8(6(2)11-5)10-4-3-9-7;1-5-6(2)8(4)9-7(5)3;1-5-3-4-6(2)7-5/h5-8H2,1-4H3;1H2,2-4H3;3-6H,1-2H3;3-4H2,1-2H3;1-4H3;3-4H,1-2H3. The van der Waals surface area contributed by atoms with Gasteiger partial charge in [0, 0.05) is 92.0 Å². The number of carbonyl (C=O) groups is 1. The lowest BCUT2D eigenvalue weighted by molar-refractivity contribution is 0.0874. The molecule has 0 fully saturated rings. The average Bonchev–Trinajstić information content (AvgIpc) is 4.20. The van der Waals surface area contributed by atoms with Crippen LogP contribution in [0.1, 0.15) is 112 Å². The second-order valence-electron chi connectivity index (χ2n) is 17.4. The minimum absolute atomic E-state index is 0.0850. The van der Waals surface area contributed by atoms with E-state index in [1.807, 2.05) is 59.2 Å². The van der Waals surface area contributed by atoms with Crippen molar-refractivity contribution in [2.45, 2.75) is 124 Å². The van der Waals surface area contributed by atoms with Gasteiger partial charge in [-0.25, -0.2) is 0 Å². The second kappa shape index (κ2) is 24.4. The molecule has 0 atom stereocenters. The maximum Gasteiger partial charge on any atom is 0.259 e. The number of thiophene rings is 7. The van der Waals surface area contributed by atoms with Crippen LogP contribution >= 0.6 is 79.4 Å². The SMILES string of the molecule is C=C1c2c(C)sc(C)c2C(=O)N1C.CCC1(CC)COc2c(C)sc(C)c2OC1.Cc1ccc(-c2ccc(C)s2)s1.Cc1ccc(C)s1.Cc1sc(C)c(C)c1C.Cc1sc(C)c2c1OCCO2. The smallest absolute Gasteiger partial charge is 0.259 e. The van der Waals surface area contributed by atoms with Gasteiger partial charge in [-0.05, 0) is 157 Å². The monoisotopic (exact) mass is 1050 g/mol. The summed E-state index contributed by atoms with van der Waals surface area (Å²) in [6, 6.07) is 13.0. The van der Waals surface area contributed by atoms with Crippen molar-refractivity contribution >= 4 is 91.0 Å². The molecule has 68 heavy (non-hydrogen) atoms. The Morgan fingerprint density at radius 1 is 0.471 bits per heavy atom. The lowest BCUT2D eigenvalue weighted by atomic mass is 9.84. The van der Waals surface area contributed by atoms with E-state index in [9.17, 15) is 4.79 Å². The molecular weight excluding hydrogens is 979 g/mol. The lowest BCUT2D eigenvalue weighted by Gasteiger charge is -2.28. The molecule has 10 heterocycles. The number of rotatable bonds is 3. The number of ether oxygens (including phenoxy) is 4. The van der Waals surface area contributed by atoms with Crippen LogP contribution in [-0.4, -0.2) is 44.3 Å². The topological polar surface area (TPSA) is 57.2 Å². The Morgan fingerprint density at radius 2 is 0.809 bits per heavy atom. The number of hydrogen-bond donors (Lipinski definition) is 0. The summed E-state index contributed by atoms with van der Waals surface area (Å²) in [7, 11) is 1.77. The molecule has 1 amide bonds. The van der Waals surface area contributed by atoms with Crippen molar-refractivity contribution in [1.29, 1.82) is 0 Å². The molecule has 0 saturated carbocycles. The Hall–Kier alpha value is -3.69. The van der Waals surface area contributed by atoms with Crippen molar-refractivity contribution in [3.63, 3.8) is 0 Å². The molecule has 0 bridgehead atoms. The summed E-state index contributed by atoms with van der Waals surface area (Å²) >= 11 is 12.6. The predicted molar refractivity (Wildman–Crippen MR) is 302 cm³/mol. The molecule has 6 nitrogen and oxygen atoms in total. The number of carbonyl (C=O) groups excluding carboxylic acids is 1. The van der Waals surface area contributed by atoms with Crippen molar-refractivity contribution in [3.8, 4) is 32.8 Å². The normalized spacial score (nSPS) is 13.9. The number of hydrogen-bond acceptors (Lipinski definition) is 12. The van der Waals surface area contributed by atoms with E-state index in [-0.39, 0.29) is 11.3 Å². The lowest BCUT2D eigenvalue weighted by Crippen LogP contribution is -2.32. The fourth-order valence-corrected chi connectivity index (χ4v) is 14.4. The minimum Gasteiger partial charge on any atom is -0.488 e. The van der Waals surface area contributed by atoms with E-state index >= 15 is 0 Å². The molecule has 0 N–H and O–H groups in total. The van der Waals surface area contributed by atoms with E-state index in [4.69, 9.17) is 18.9 Å². The Labute approximate surface area is 435 Å². The third-order valence-electron chi connectivity index (χ3n) is 12.4. The zero-order valence-corrected chi connectivity index (χ0v) is 49.0. The summed E-state index contributed by atoms with van der Waals surface area (Å²) in [6.07, 6.45) is 2.21. The molecule has 13 heteroatoms. The molecule has 10 rings (SSSR count). The molecule has 0 unspecified atom stereocenters. The van der Waals surface area contributed by atoms with E-state index in [1.54, 1.807) is 46.0 Å². The molecule has 3 aliphatic rings. The zero-order chi connectivity index (χ0) is 50.2. The van der Waals surface area contributed by atoms with Crippen LogP contribution in [0.15, 0.2) is 43.0 Å². The largest absolute Gasteiger partial charge is 0.488 e. The average molecular weight is 1050 g/mol. The van der Waals surface area contributed by atoms with E-state index < -0.39 is 0 Å². The number of fused-ring (bicyclic) bond motifs is 3. The maximum atomic E-state index is 11.7. The summed E-state index contributed by atoms with van der Waals surface area (Å²) in [6.45, 7) is 40.9. The first-order chi connectivity index (χ1) is 32.1. The molecular formula is C55H71NO5S7. The van der Waals surface area contributed by atoms with Gasteiger partial charge in [0.1, 0.15) is 13.2 Å². The van der Waals surface area contributed by atoms with Crippen molar-refractivity contribution in [3.05, 3.63) is 124 Å². The first kappa shape index (κ1) is 55.2. The van der Waals surface area contributed by atoms with Crippen LogP contribution in [0.2, 0.25) is 0 Å². The van der Waals surface area contributed by atoms with Gasteiger partial charge in [0.15, 0.2) is 23.0 Å². The van der Waals surface area contributed by atoms with Crippen LogP contribution in [-0.2, 0) is 0 Å². The summed E-state index contributed by atoms with van der Waals surface area (Å²) in [4.78, 5) is 31.8. The number of nitrogens with zero attached hydrogens (tertiary/aromatic N) is 1. The Balaban J connectivity index is 0.000000155. The first-order valence-electron chi connectivity index (χ1n) is 23.1. The van der Waals surface area contributed by atoms with Gasteiger partial charge in [-0.3, -0.25) is 4.79 Å². The van der Waals surface area contributed by atoms with Crippen molar-refractivity contribution in [2.75, 3.05) is 33.5 Å². The fraction of sp³-hybridized carbons (Fsp3) is 0.436. The molecule has 0 radical (unpaired) electrons. The van der Waals surface area contributed by atoms with Crippen LogP contribution in [0, 0.1) is 102 Å². The Morgan fingerprint density at radius 3 is 1.12 bits per heavy atom. The van der Waals surface area contributed by atoms with Gasteiger partial charge >= 0.3 is 0 Å². The molecule has 0 saturated heterocycles. The minimum atomic E-state index is 0.0850. The highest BCUT2D eigenvalue weighted by Gasteiger charge is 2.34. The molecule has 7 aromatic rings. The van der Waals surface area contributed by atoms with Gasteiger partial charge < -0.3 is 23.8 Å². The third-order valence-corrected chi connectivity index (χ3v) is 19.7. The van der Waals surface area contributed by atoms with Gasteiger partial charge in [0.05, 0.1) is 18.8 Å². The molecule has 7 aromatic heterocycles. The summed E-state index contributed by atoms with van der Waals surface area (Å²) < 4.78 is 22.9. The highest BCUT2D eigenvalue weighted by molar-refractivity contribution is 7.22. The van der Waals surface area contributed by atoms with Gasteiger partial charge in [0.2, 0.25) is 0 Å². The summed E-state index contributed by atoms with van der Waals surface area (Å²) in [5, 5.41) is 0. The summed E-state index contributed by atoms with van der Waals surface area (Å²) in [5.74, 6) is 3.96. The fourth-order valence-electron chi connectivity index (χ4n) is 7.74. The van der Waals surface area contributed by atoms with Gasteiger partial charge in [-0.2, -0.15) is 0 Å². The Bertz CT molecular complexity index is 2620. The molecule has 0 spiro atoms. The highest BCUT2D eigenvalue weighted by Crippen LogP contribution is 2.46. The van der Waals surface area contributed by atoms with Crippen molar-refractivity contribution in [2.24, 2.45) is 5.41 Å².